The fraction of sp³-hybridized carbons (Fsp3) is 0.909. The Hall–Kier alpha value is -0.610. The minimum absolute atomic E-state index is 0.175. The minimum Gasteiger partial charge on any atom is -0.468 e. The molecule has 0 saturated heterocycles. The van der Waals surface area contributed by atoms with E-state index in [0.717, 1.165) is 19.3 Å². The van der Waals surface area contributed by atoms with E-state index >= 15 is 0 Å². The van der Waals surface area contributed by atoms with Gasteiger partial charge in [0.05, 0.1) is 7.11 Å². The second-order valence-corrected chi connectivity index (χ2v) is 4.68. The van der Waals surface area contributed by atoms with E-state index in [1.54, 1.807) is 0 Å². The molecule has 0 aromatic heterocycles. The number of nitrogens with one attached hydrogen (secondary N) is 1. The molecule has 1 rings (SSSR count). The number of carbonyl (C=O) groups excluding carboxylic acids is 1. The molecule has 0 radical (unpaired) electrons. The van der Waals surface area contributed by atoms with Crippen molar-refractivity contribution in [3.63, 3.8) is 0 Å². The summed E-state index contributed by atoms with van der Waals surface area (Å²) < 4.78 is 4.78. The Kier molecular flexibility index (Phi) is 4.54. The molecule has 1 aliphatic carbocycles. The van der Waals surface area contributed by atoms with E-state index in [-0.39, 0.29) is 24.0 Å². The van der Waals surface area contributed by atoms with Crippen LogP contribution in [0.4, 0.5) is 0 Å². The molecule has 4 nitrogen and oxygen atoms in total. The van der Waals surface area contributed by atoms with Crippen molar-refractivity contribution in [1.29, 1.82) is 0 Å². The van der Waals surface area contributed by atoms with Crippen molar-refractivity contribution < 1.29 is 9.53 Å². The first kappa shape index (κ1) is 12.5. The van der Waals surface area contributed by atoms with Crippen LogP contribution in [-0.2, 0) is 9.53 Å². The average molecular weight is 214 g/mol. The fourth-order valence-electron chi connectivity index (χ4n) is 2.08. The molecule has 1 aliphatic rings. The predicted octanol–water partition coefficient (Wildman–Crippen LogP) is 0.653. The maximum Gasteiger partial charge on any atom is 0.323 e. The minimum atomic E-state index is -0.203. The Labute approximate surface area is 91.5 Å². The number of nitrogens with two attached hydrogens (primary N) is 1. The molecular weight excluding hydrogens is 192 g/mol. The molecule has 0 spiro atoms. The van der Waals surface area contributed by atoms with E-state index in [2.05, 4.69) is 5.32 Å². The molecule has 0 aromatic rings. The van der Waals surface area contributed by atoms with Gasteiger partial charge in [0.25, 0.3) is 0 Å². The predicted molar refractivity (Wildman–Crippen MR) is 59.4 cm³/mol. The quantitative estimate of drug-likeness (QED) is 0.675. The molecule has 0 aromatic carbocycles. The molecule has 2 unspecified atom stereocenters. The second kappa shape index (κ2) is 5.47. The summed E-state index contributed by atoms with van der Waals surface area (Å²) in [5, 5.41) is 3.34. The molecule has 15 heavy (non-hydrogen) atoms. The Morgan fingerprint density at radius 3 is 2.53 bits per heavy atom. The highest BCUT2D eigenvalue weighted by molar-refractivity contribution is 5.75. The maximum absolute atomic E-state index is 11.5. The van der Waals surface area contributed by atoms with Gasteiger partial charge in [0.15, 0.2) is 0 Å². The Balaban J connectivity index is 2.48. The highest BCUT2D eigenvalue weighted by atomic mass is 16.5. The van der Waals surface area contributed by atoms with Gasteiger partial charge in [-0.15, -0.1) is 0 Å². The summed E-state index contributed by atoms with van der Waals surface area (Å²) in [6, 6.07) is 0.449. The number of hydrogen-bond donors (Lipinski definition) is 2. The van der Waals surface area contributed by atoms with Crippen LogP contribution in [-0.4, -0.2) is 31.2 Å². The number of methoxy groups -OCH3 is 1. The zero-order valence-electron chi connectivity index (χ0n) is 9.82. The van der Waals surface area contributed by atoms with E-state index < -0.39 is 0 Å². The molecule has 0 amide bonds. The first-order chi connectivity index (χ1) is 7.04. The number of hydrogen-bond acceptors (Lipinski definition) is 4. The topological polar surface area (TPSA) is 64.3 Å². The summed E-state index contributed by atoms with van der Waals surface area (Å²) in [6.45, 7) is 4.03. The normalized spacial score (nSPS) is 28.1. The number of ether oxygens (including phenoxy) is 1. The lowest BCUT2D eigenvalue weighted by Crippen LogP contribution is -2.46. The van der Waals surface area contributed by atoms with Crippen molar-refractivity contribution in [1.82, 2.24) is 5.32 Å². The number of esters is 1. The Morgan fingerprint density at radius 1 is 1.47 bits per heavy atom. The summed E-state index contributed by atoms with van der Waals surface area (Å²) >= 11 is 0. The molecule has 0 bridgehead atoms. The van der Waals surface area contributed by atoms with Gasteiger partial charge in [-0.3, -0.25) is 4.79 Å². The van der Waals surface area contributed by atoms with Gasteiger partial charge in [0.1, 0.15) is 6.04 Å². The van der Waals surface area contributed by atoms with Crippen LogP contribution in [0.15, 0.2) is 0 Å². The zero-order chi connectivity index (χ0) is 11.4. The highest BCUT2D eigenvalue weighted by Crippen LogP contribution is 2.19. The summed E-state index contributed by atoms with van der Waals surface area (Å²) in [5.74, 6) is 0.0692. The van der Waals surface area contributed by atoms with E-state index in [1.165, 1.54) is 7.11 Å². The van der Waals surface area contributed by atoms with Crippen LogP contribution < -0.4 is 11.1 Å². The van der Waals surface area contributed by atoms with Crippen molar-refractivity contribution in [2.75, 3.05) is 7.11 Å². The van der Waals surface area contributed by atoms with E-state index in [0.29, 0.717) is 6.04 Å². The van der Waals surface area contributed by atoms with Crippen molar-refractivity contribution in [3.05, 3.63) is 0 Å². The Bertz CT molecular complexity index is 219. The van der Waals surface area contributed by atoms with Crippen LogP contribution in [0, 0.1) is 5.92 Å². The summed E-state index contributed by atoms with van der Waals surface area (Å²) in [4.78, 5) is 11.5. The third-order valence-corrected chi connectivity index (χ3v) is 3.01. The smallest absolute Gasteiger partial charge is 0.323 e. The average Bonchev–Trinajstić information content (AvgIpc) is 2.59. The van der Waals surface area contributed by atoms with Crippen LogP contribution in [0.2, 0.25) is 0 Å². The van der Waals surface area contributed by atoms with Crippen LogP contribution in [0.5, 0.6) is 0 Å². The van der Waals surface area contributed by atoms with Crippen molar-refractivity contribution >= 4 is 5.97 Å². The lowest BCUT2D eigenvalue weighted by atomic mass is 10.0. The van der Waals surface area contributed by atoms with Gasteiger partial charge in [-0.2, -0.15) is 0 Å². The van der Waals surface area contributed by atoms with Gasteiger partial charge in [-0.05, 0) is 25.2 Å². The molecule has 4 heteroatoms. The molecular formula is C11H22N2O2. The molecule has 1 fully saturated rings. The van der Waals surface area contributed by atoms with Gasteiger partial charge in [-0.25, -0.2) is 0 Å². The first-order valence-electron chi connectivity index (χ1n) is 5.64. The van der Waals surface area contributed by atoms with Crippen LogP contribution in [0.25, 0.3) is 0 Å². The standard InChI is InChI=1S/C11H22N2O2/c1-7(2)10(11(14)15-3)13-9-5-4-8(12)6-9/h7-10,13H,4-6,12H2,1-3H3/t8?,9?,10-/m0/s1. The third kappa shape index (κ3) is 3.47. The molecule has 0 aliphatic heterocycles. The highest BCUT2D eigenvalue weighted by Gasteiger charge is 2.29. The lowest BCUT2D eigenvalue weighted by molar-refractivity contribution is -0.144. The van der Waals surface area contributed by atoms with Crippen molar-refractivity contribution in [3.8, 4) is 0 Å². The lowest BCUT2D eigenvalue weighted by Gasteiger charge is -2.23. The van der Waals surface area contributed by atoms with Crippen LogP contribution in [0.3, 0.4) is 0 Å². The van der Waals surface area contributed by atoms with E-state index in [9.17, 15) is 4.79 Å². The third-order valence-electron chi connectivity index (χ3n) is 3.01. The molecule has 3 N–H and O–H groups in total. The monoisotopic (exact) mass is 214 g/mol. The van der Waals surface area contributed by atoms with Gasteiger partial charge in [-0.1, -0.05) is 13.8 Å². The molecule has 3 atom stereocenters. The van der Waals surface area contributed by atoms with Crippen LogP contribution >= 0.6 is 0 Å². The van der Waals surface area contributed by atoms with Crippen molar-refractivity contribution in [2.45, 2.75) is 51.2 Å². The van der Waals surface area contributed by atoms with Crippen LogP contribution in [0.1, 0.15) is 33.1 Å². The zero-order valence-corrected chi connectivity index (χ0v) is 9.82. The molecule has 0 heterocycles. The number of rotatable bonds is 4. The maximum atomic E-state index is 11.5. The first-order valence-corrected chi connectivity index (χ1v) is 5.64. The van der Waals surface area contributed by atoms with Crippen molar-refractivity contribution in [2.24, 2.45) is 11.7 Å². The Morgan fingerprint density at radius 2 is 2.13 bits per heavy atom. The van der Waals surface area contributed by atoms with E-state index in [1.807, 2.05) is 13.8 Å². The van der Waals surface area contributed by atoms with E-state index in [4.69, 9.17) is 10.5 Å². The largest absolute Gasteiger partial charge is 0.468 e. The van der Waals surface area contributed by atoms with Gasteiger partial charge < -0.3 is 15.8 Å². The molecule has 88 valence electrons. The SMILES string of the molecule is COC(=O)[C@@H](NC1CCC(N)C1)C(C)C. The molecule has 1 saturated carbocycles. The van der Waals surface area contributed by atoms with Gasteiger partial charge in [0.2, 0.25) is 0 Å². The summed E-state index contributed by atoms with van der Waals surface area (Å²) in [6.07, 6.45) is 3.06. The summed E-state index contributed by atoms with van der Waals surface area (Å²) in [5.41, 5.74) is 5.83. The number of carbonyl (C=O) groups is 1. The second-order valence-electron chi connectivity index (χ2n) is 4.68. The van der Waals surface area contributed by atoms with Gasteiger partial charge >= 0.3 is 5.97 Å². The summed E-state index contributed by atoms with van der Waals surface area (Å²) in [7, 11) is 1.43. The van der Waals surface area contributed by atoms with Gasteiger partial charge in [0, 0.05) is 12.1 Å². The fourth-order valence-corrected chi connectivity index (χ4v) is 2.08.